The van der Waals surface area contributed by atoms with Gasteiger partial charge in [-0.3, -0.25) is 9.48 Å². The van der Waals surface area contributed by atoms with E-state index in [-0.39, 0.29) is 54.7 Å². The van der Waals surface area contributed by atoms with E-state index in [2.05, 4.69) is 15.1 Å². The second-order valence-corrected chi connectivity index (χ2v) is 11.1. The fourth-order valence-electron chi connectivity index (χ4n) is 5.74. The highest BCUT2D eigenvalue weighted by atomic mass is 35.5. The molecule has 0 radical (unpaired) electrons. The molecule has 230 valence electrons. The molecule has 0 aliphatic carbocycles. The van der Waals surface area contributed by atoms with Crippen molar-refractivity contribution in [2.75, 3.05) is 44.0 Å². The number of ether oxygens (including phenoxy) is 2. The standard InChI is InChI=1S/C27H28ClF4N7O4/c1-42-26-34-17-7-19(20-15(27(30,31)32)3-4-16(33)22(20)29)43-12-14(17)24(35-26)37-5-2-6-39-18(10-37)21(28)23(36-39)25(41)38-8-13(9-38)11-40/h3-4,13,19,40H,2,5-12,33H2,1H3. The van der Waals surface area contributed by atoms with E-state index in [1.165, 1.54) is 7.11 Å². The average molecular weight is 626 g/mol. The molecular formula is C27H28ClF4N7O4. The maximum Gasteiger partial charge on any atom is 0.416 e. The second kappa shape index (κ2) is 11.1. The highest BCUT2D eigenvalue weighted by Gasteiger charge is 2.40. The Morgan fingerprint density at radius 1 is 1.26 bits per heavy atom. The Balaban J connectivity index is 1.32. The number of methoxy groups -OCH3 is 1. The molecule has 0 spiro atoms. The van der Waals surface area contributed by atoms with Crippen molar-refractivity contribution in [3.8, 4) is 6.01 Å². The third kappa shape index (κ3) is 5.23. The number of likely N-dealkylation sites (tertiary alicyclic amines) is 1. The number of hydrogen-bond acceptors (Lipinski definition) is 9. The minimum Gasteiger partial charge on any atom is -0.467 e. The van der Waals surface area contributed by atoms with Gasteiger partial charge >= 0.3 is 12.2 Å². The van der Waals surface area contributed by atoms with Crippen molar-refractivity contribution >= 4 is 29.0 Å². The zero-order chi connectivity index (χ0) is 30.6. The zero-order valence-corrected chi connectivity index (χ0v) is 23.8. The molecule has 6 rings (SSSR count). The summed E-state index contributed by atoms with van der Waals surface area (Å²) in [7, 11) is 1.37. The molecule has 3 aliphatic rings. The number of aromatic nitrogens is 4. The van der Waals surface area contributed by atoms with Crippen molar-refractivity contribution in [1.82, 2.24) is 24.6 Å². The fourth-order valence-corrected chi connectivity index (χ4v) is 6.02. The molecule has 0 bridgehead atoms. The van der Waals surface area contributed by atoms with Gasteiger partial charge in [0.2, 0.25) is 0 Å². The van der Waals surface area contributed by atoms with Gasteiger partial charge in [-0.25, -0.2) is 4.39 Å². The molecule has 1 atom stereocenters. The lowest BCUT2D eigenvalue weighted by Gasteiger charge is -2.37. The van der Waals surface area contributed by atoms with Gasteiger partial charge in [-0.1, -0.05) is 11.6 Å². The van der Waals surface area contributed by atoms with E-state index < -0.39 is 34.9 Å². The van der Waals surface area contributed by atoms with E-state index in [0.717, 1.165) is 12.1 Å². The van der Waals surface area contributed by atoms with Crippen molar-refractivity contribution in [3.63, 3.8) is 0 Å². The van der Waals surface area contributed by atoms with E-state index >= 15 is 4.39 Å². The number of carbonyl (C=O) groups is 1. The summed E-state index contributed by atoms with van der Waals surface area (Å²) < 4.78 is 69.3. The van der Waals surface area contributed by atoms with Crippen LogP contribution >= 0.6 is 11.6 Å². The van der Waals surface area contributed by atoms with Crippen molar-refractivity contribution in [1.29, 1.82) is 0 Å². The number of halogens is 5. The molecule has 1 amide bonds. The highest BCUT2D eigenvalue weighted by molar-refractivity contribution is 6.34. The van der Waals surface area contributed by atoms with Crippen LogP contribution < -0.4 is 15.4 Å². The molecule has 1 fully saturated rings. The number of nitrogen functional groups attached to an aromatic ring is 1. The molecule has 5 heterocycles. The lowest BCUT2D eigenvalue weighted by Crippen LogP contribution is -2.51. The summed E-state index contributed by atoms with van der Waals surface area (Å²) in [6.45, 7) is 1.87. The summed E-state index contributed by atoms with van der Waals surface area (Å²) in [6, 6.07) is 1.61. The van der Waals surface area contributed by atoms with Crippen molar-refractivity contribution < 1.29 is 36.9 Å². The van der Waals surface area contributed by atoms with Gasteiger partial charge in [0.1, 0.15) is 5.82 Å². The lowest BCUT2D eigenvalue weighted by molar-refractivity contribution is -0.140. The molecular weight excluding hydrogens is 598 g/mol. The number of rotatable bonds is 5. The molecule has 1 aromatic carbocycles. The van der Waals surface area contributed by atoms with Crippen molar-refractivity contribution in [2.24, 2.45) is 5.92 Å². The summed E-state index contributed by atoms with van der Waals surface area (Å²) in [5.41, 5.74) is 4.96. The van der Waals surface area contributed by atoms with Crippen LogP contribution in [-0.4, -0.2) is 69.0 Å². The van der Waals surface area contributed by atoms with Gasteiger partial charge in [-0.15, -0.1) is 0 Å². The topological polar surface area (TPSA) is 132 Å². The number of aliphatic hydroxyl groups excluding tert-OH is 1. The molecule has 1 unspecified atom stereocenters. The normalized spacial score (nSPS) is 19.0. The minimum absolute atomic E-state index is 0.00117. The van der Waals surface area contributed by atoms with Crippen LogP contribution in [0.15, 0.2) is 12.1 Å². The molecule has 0 saturated carbocycles. The Bertz CT molecular complexity index is 1580. The van der Waals surface area contributed by atoms with Crippen LogP contribution in [0.4, 0.5) is 29.1 Å². The first-order valence-electron chi connectivity index (χ1n) is 13.6. The first kappa shape index (κ1) is 29.4. The van der Waals surface area contributed by atoms with Crippen molar-refractivity contribution in [3.05, 3.63) is 56.7 Å². The van der Waals surface area contributed by atoms with Crippen LogP contribution in [0.1, 0.15) is 51.1 Å². The molecule has 16 heteroatoms. The van der Waals surface area contributed by atoms with E-state index in [1.54, 1.807) is 9.58 Å². The first-order chi connectivity index (χ1) is 20.5. The Kier molecular flexibility index (Phi) is 7.59. The quantitative estimate of drug-likeness (QED) is 0.324. The van der Waals surface area contributed by atoms with Gasteiger partial charge < -0.3 is 30.1 Å². The van der Waals surface area contributed by atoms with E-state index in [4.69, 9.17) is 26.8 Å². The lowest BCUT2D eigenvalue weighted by atomic mass is 9.94. The van der Waals surface area contributed by atoms with E-state index in [9.17, 15) is 23.1 Å². The Morgan fingerprint density at radius 3 is 2.72 bits per heavy atom. The van der Waals surface area contributed by atoms with Gasteiger partial charge in [-0.05, 0) is 18.6 Å². The van der Waals surface area contributed by atoms with Gasteiger partial charge in [-0.2, -0.15) is 28.2 Å². The first-order valence-corrected chi connectivity index (χ1v) is 14.0. The third-order valence-electron chi connectivity index (χ3n) is 8.01. The predicted molar refractivity (Wildman–Crippen MR) is 145 cm³/mol. The highest BCUT2D eigenvalue weighted by Crippen LogP contribution is 2.43. The number of carbonyl (C=O) groups excluding carboxylic acids is 1. The van der Waals surface area contributed by atoms with E-state index in [1.807, 2.05) is 4.90 Å². The van der Waals surface area contributed by atoms with Crippen LogP contribution in [0, 0.1) is 11.7 Å². The summed E-state index contributed by atoms with van der Waals surface area (Å²) >= 11 is 6.70. The smallest absolute Gasteiger partial charge is 0.416 e. The molecule has 3 aromatic rings. The van der Waals surface area contributed by atoms with Crippen LogP contribution in [0.5, 0.6) is 6.01 Å². The molecule has 11 nitrogen and oxygen atoms in total. The van der Waals surface area contributed by atoms with Crippen LogP contribution in [0.3, 0.4) is 0 Å². The van der Waals surface area contributed by atoms with E-state index in [0.29, 0.717) is 55.4 Å². The summed E-state index contributed by atoms with van der Waals surface area (Å²) in [5.74, 6) is -1.03. The molecule has 2 aromatic heterocycles. The second-order valence-electron chi connectivity index (χ2n) is 10.8. The predicted octanol–water partition coefficient (Wildman–Crippen LogP) is 3.36. The Hall–Kier alpha value is -3.69. The molecule has 43 heavy (non-hydrogen) atoms. The monoisotopic (exact) mass is 625 g/mol. The SMILES string of the molecule is COc1nc2c(c(N3CCCn4nc(C(=O)N5CC(CO)C5)c(Cl)c4C3)n1)COC(c1c(C(F)(F)F)ccc(N)c1F)C2. The number of aryl methyl sites for hydroxylation is 1. The number of hydrogen-bond donors (Lipinski definition) is 2. The number of amides is 1. The van der Waals surface area contributed by atoms with Gasteiger partial charge in [0.05, 0.1) is 54.0 Å². The molecule has 3 aliphatic heterocycles. The maximum absolute atomic E-state index is 15.0. The number of anilines is 2. The van der Waals surface area contributed by atoms with Gasteiger partial charge in [0.15, 0.2) is 11.5 Å². The zero-order valence-electron chi connectivity index (χ0n) is 23.0. The Morgan fingerprint density at radius 2 is 2.02 bits per heavy atom. The Labute approximate surface area is 248 Å². The number of nitrogens with two attached hydrogens (primary N) is 1. The average Bonchev–Trinajstić information content (AvgIpc) is 3.11. The van der Waals surface area contributed by atoms with Crippen LogP contribution in [0.2, 0.25) is 5.02 Å². The summed E-state index contributed by atoms with van der Waals surface area (Å²) in [5, 5.41) is 14.0. The minimum atomic E-state index is -4.83. The largest absolute Gasteiger partial charge is 0.467 e. The van der Waals surface area contributed by atoms with Gasteiger partial charge in [0, 0.05) is 56.3 Å². The fraction of sp³-hybridized carbons (Fsp3) is 0.481. The maximum atomic E-state index is 15.0. The van der Waals surface area contributed by atoms with Crippen molar-refractivity contribution in [2.45, 2.75) is 44.8 Å². The summed E-state index contributed by atoms with van der Waals surface area (Å²) in [6.07, 6.45) is -5.70. The molecule has 1 saturated heterocycles. The summed E-state index contributed by atoms with van der Waals surface area (Å²) in [4.78, 5) is 25.4. The number of alkyl halides is 3. The van der Waals surface area contributed by atoms with Gasteiger partial charge in [0.25, 0.3) is 5.91 Å². The number of fused-ring (bicyclic) bond motifs is 2. The molecule has 3 N–H and O–H groups in total. The number of aliphatic hydroxyl groups is 1. The number of nitrogens with zero attached hydrogens (tertiary/aromatic N) is 6. The number of benzene rings is 1. The van der Waals surface area contributed by atoms with Crippen LogP contribution in [0.25, 0.3) is 0 Å². The third-order valence-corrected chi connectivity index (χ3v) is 8.41. The van der Waals surface area contributed by atoms with Crippen LogP contribution in [-0.2, 0) is 37.0 Å².